The summed E-state index contributed by atoms with van der Waals surface area (Å²) in [6.07, 6.45) is 2.13. The molecular formula is C11H18O4. The van der Waals surface area contributed by atoms with E-state index in [0.29, 0.717) is 6.42 Å². The summed E-state index contributed by atoms with van der Waals surface area (Å²) in [5.74, 6) is -1.27. The zero-order valence-electron chi connectivity index (χ0n) is 9.66. The second-order valence-electron chi connectivity index (χ2n) is 4.32. The highest BCUT2D eigenvalue weighted by Crippen LogP contribution is 2.09. The molecule has 0 spiro atoms. The van der Waals surface area contributed by atoms with Crippen LogP contribution in [0, 0.1) is 0 Å². The summed E-state index contributed by atoms with van der Waals surface area (Å²) < 4.78 is 5.06. The molecule has 0 aliphatic heterocycles. The van der Waals surface area contributed by atoms with Crippen LogP contribution in [-0.4, -0.2) is 22.6 Å². The van der Waals surface area contributed by atoms with Crippen molar-refractivity contribution in [3.8, 4) is 0 Å². The summed E-state index contributed by atoms with van der Waals surface area (Å²) in [6, 6.07) is 0. The largest absolute Gasteiger partial charge is 0.478 e. The number of hydrogen-bond acceptors (Lipinski definition) is 3. The van der Waals surface area contributed by atoms with E-state index >= 15 is 0 Å². The summed E-state index contributed by atoms with van der Waals surface area (Å²) in [4.78, 5) is 21.6. The van der Waals surface area contributed by atoms with Gasteiger partial charge in [-0.25, -0.2) is 4.79 Å². The first-order valence-electron chi connectivity index (χ1n) is 4.84. The summed E-state index contributed by atoms with van der Waals surface area (Å²) in [6.45, 7) is 6.88. The molecule has 0 atom stereocenters. The predicted molar refractivity (Wildman–Crippen MR) is 56.5 cm³/mol. The maximum atomic E-state index is 11.2. The number of rotatable bonds is 4. The lowest BCUT2D eigenvalue weighted by atomic mass is 10.2. The van der Waals surface area contributed by atoms with Gasteiger partial charge in [0.15, 0.2) is 0 Å². The molecule has 0 aromatic carbocycles. The van der Waals surface area contributed by atoms with Crippen LogP contribution in [0.2, 0.25) is 0 Å². The Morgan fingerprint density at radius 2 is 1.87 bits per heavy atom. The van der Waals surface area contributed by atoms with Gasteiger partial charge in [-0.1, -0.05) is 6.08 Å². The molecule has 0 fully saturated rings. The highest BCUT2D eigenvalue weighted by molar-refractivity contribution is 5.85. The molecule has 1 N–H and O–H groups in total. The molecule has 4 nitrogen and oxygen atoms in total. The van der Waals surface area contributed by atoms with Gasteiger partial charge in [-0.3, -0.25) is 4.79 Å². The molecule has 0 aliphatic rings. The molecule has 86 valence electrons. The zero-order valence-corrected chi connectivity index (χ0v) is 9.66. The Bertz CT molecular complexity index is 271. The number of carbonyl (C=O) groups excluding carboxylic acids is 1. The van der Waals surface area contributed by atoms with Crippen molar-refractivity contribution in [2.24, 2.45) is 0 Å². The average Bonchev–Trinajstić information content (AvgIpc) is 2.00. The first-order valence-corrected chi connectivity index (χ1v) is 4.84. The van der Waals surface area contributed by atoms with Crippen LogP contribution in [0.3, 0.4) is 0 Å². The fourth-order valence-corrected chi connectivity index (χ4v) is 0.886. The van der Waals surface area contributed by atoms with Gasteiger partial charge >= 0.3 is 11.9 Å². The Morgan fingerprint density at radius 3 is 2.27 bits per heavy atom. The van der Waals surface area contributed by atoms with E-state index < -0.39 is 11.6 Å². The van der Waals surface area contributed by atoms with E-state index in [4.69, 9.17) is 9.84 Å². The van der Waals surface area contributed by atoms with Crippen LogP contribution in [0.4, 0.5) is 0 Å². The molecule has 15 heavy (non-hydrogen) atoms. The van der Waals surface area contributed by atoms with E-state index in [1.54, 1.807) is 20.8 Å². The quantitative estimate of drug-likeness (QED) is 0.575. The van der Waals surface area contributed by atoms with Gasteiger partial charge < -0.3 is 9.84 Å². The van der Waals surface area contributed by atoms with Crippen molar-refractivity contribution in [2.75, 3.05) is 0 Å². The van der Waals surface area contributed by atoms with Crippen molar-refractivity contribution in [1.82, 2.24) is 0 Å². The molecule has 0 saturated carbocycles. The van der Waals surface area contributed by atoms with Crippen LogP contribution in [0.1, 0.15) is 40.5 Å². The molecule has 0 heterocycles. The van der Waals surface area contributed by atoms with Crippen LogP contribution < -0.4 is 0 Å². The van der Waals surface area contributed by atoms with Gasteiger partial charge in [-0.15, -0.1) is 0 Å². The molecule has 4 heteroatoms. The van der Waals surface area contributed by atoms with Crippen LogP contribution in [-0.2, 0) is 14.3 Å². The maximum absolute atomic E-state index is 11.2. The lowest BCUT2D eigenvalue weighted by molar-refractivity contribution is -0.154. The van der Waals surface area contributed by atoms with Gasteiger partial charge in [-0.05, 0) is 34.1 Å². The minimum atomic E-state index is -0.959. The number of carboxylic acids is 1. The lowest BCUT2D eigenvalue weighted by Crippen LogP contribution is -2.23. The molecule has 0 aliphatic carbocycles. The number of ether oxygens (including phenoxy) is 1. The fraction of sp³-hybridized carbons (Fsp3) is 0.636. The minimum Gasteiger partial charge on any atom is -0.478 e. The van der Waals surface area contributed by atoms with Crippen molar-refractivity contribution in [2.45, 2.75) is 46.1 Å². The third kappa shape index (κ3) is 7.73. The predicted octanol–water partition coefficient (Wildman–Crippen LogP) is 2.14. The highest BCUT2D eigenvalue weighted by Gasteiger charge is 2.15. The first kappa shape index (κ1) is 13.7. The van der Waals surface area contributed by atoms with E-state index in [1.165, 1.54) is 13.0 Å². The molecular weight excluding hydrogens is 196 g/mol. The minimum absolute atomic E-state index is 0.210. The monoisotopic (exact) mass is 214 g/mol. The van der Waals surface area contributed by atoms with E-state index in [0.717, 1.165) is 0 Å². The number of aliphatic carboxylic acids is 1. The highest BCUT2D eigenvalue weighted by atomic mass is 16.6. The van der Waals surface area contributed by atoms with Crippen molar-refractivity contribution in [3.63, 3.8) is 0 Å². The Morgan fingerprint density at radius 1 is 1.33 bits per heavy atom. The van der Waals surface area contributed by atoms with Crippen LogP contribution in [0.5, 0.6) is 0 Å². The van der Waals surface area contributed by atoms with Gasteiger partial charge in [0.1, 0.15) is 5.60 Å². The summed E-state index contributed by atoms with van der Waals surface area (Å²) >= 11 is 0. The molecule has 0 aromatic heterocycles. The van der Waals surface area contributed by atoms with E-state index in [1.807, 2.05) is 0 Å². The smallest absolute Gasteiger partial charge is 0.330 e. The second kappa shape index (κ2) is 5.53. The number of carbonyl (C=O) groups is 2. The van der Waals surface area contributed by atoms with Crippen molar-refractivity contribution >= 4 is 11.9 Å². The Labute approximate surface area is 89.9 Å². The lowest BCUT2D eigenvalue weighted by Gasteiger charge is -2.19. The van der Waals surface area contributed by atoms with Gasteiger partial charge in [0.05, 0.1) is 0 Å². The van der Waals surface area contributed by atoms with Crippen LogP contribution in [0.15, 0.2) is 11.6 Å². The molecule has 0 aromatic rings. The van der Waals surface area contributed by atoms with E-state index in [9.17, 15) is 9.59 Å². The maximum Gasteiger partial charge on any atom is 0.330 e. The molecule has 0 radical (unpaired) electrons. The Hall–Kier alpha value is -1.32. The van der Waals surface area contributed by atoms with Crippen LogP contribution in [0.25, 0.3) is 0 Å². The Balaban J connectivity index is 3.93. The molecule has 0 bridgehead atoms. The van der Waals surface area contributed by atoms with Crippen molar-refractivity contribution in [1.29, 1.82) is 0 Å². The molecule has 0 saturated heterocycles. The van der Waals surface area contributed by atoms with Gasteiger partial charge in [-0.2, -0.15) is 0 Å². The average molecular weight is 214 g/mol. The molecule has 0 rings (SSSR count). The standard InChI is InChI=1S/C11H18O4/c1-8(10(13)14)6-5-7-9(12)15-11(2,3)4/h6H,5,7H2,1-4H3,(H,13,14). The summed E-state index contributed by atoms with van der Waals surface area (Å²) in [5.41, 5.74) is -0.235. The summed E-state index contributed by atoms with van der Waals surface area (Å²) in [7, 11) is 0. The van der Waals surface area contributed by atoms with Crippen molar-refractivity contribution in [3.05, 3.63) is 11.6 Å². The van der Waals surface area contributed by atoms with E-state index in [-0.39, 0.29) is 18.0 Å². The third-order valence-electron chi connectivity index (χ3n) is 1.56. The van der Waals surface area contributed by atoms with Crippen molar-refractivity contribution < 1.29 is 19.4 Å². The Kier molecular flexibility index (Phi) is 5.05. The number of hydrogen-bond donors (Lipinski definition) is 1. The molecule has 0 amide bonds. The third-order valence-corrected chi connectivity index (χ3v) is 1.56. The number of allylic oxidation sites excluding steroid dienone is 1. The van der Waals surface area contributed by atoms with Crippen LogP contribution >= 0.6 is 0 Å². The normalized spacial score (nSPS) is 12.4. The SMILES string of the molecule is CC(=CCCC(=O)OC(C)(C)C)C(=O)O. The second-order valence-corrected chi connectivity index (χ2v) is 4.32. The molecule has 0 unspecified atom stereocenters. The first-order chi connectivity index (χ1) is 6.72. The topological polar surface area (TPSA) is 63.6 Å². The van der Waals surface area contributed by atoms with E-state index in [2.05, 4.69) is 0 Å². The van der Waals surface area contributed by atoms with Gasteiger partial charge in [0, 0.05) is 12.0 Å². The summed E-state index contributed by atoms with van der Waals surface area (Å²) in [5, 5.41) is 8.55. The number of carboxylic acid groups (broad SMARTS) is 1. The van der Waals surface area contributed by atoms with Gasteiger partial charge in [0.2, 0.25) is 0 Å². The fourth-order valence-electron chi connectivity index (χ4n) is 0.886. The van der Waals surface area contributed by atoms with Gasteiger partial charge in [0.25, 0.3) is 0 Å². The number of esters is 1. The zero-order chi connectivity index (χ0) is 12.1.